The number of nitrogens with one attached hydrogen (secondary N) is 1. The van der Waals surface area contributed by atoms with Crippen molar-refractivity contribution in [2.45, 2.75) is 26.8 Å². The fourth-order valence-corrected chi connectivity index (χ4v) is 2.90. The number of rotatable bonds is 4. The summed E-state index contributed by atoms with van der Waals surface area (Å²) in [6, 6.07) is 10.3. The molecule has 0 aromatic heterocycles. The lowest BCUT2D eigenvalue weighted by atomic mass is 9.91. The van der Waals surface area contributed by atoms with E-state index in [1.807, 2.05) is 18.2 Å². The number of hydrogen-bond donors (Lipinski definition) is 2. The molecule has 0 aliphatic heterocycles. The molecular formula is C17H21BrN2O. The highest BCUT2D eigenvalue weighted by Crippen LogP contribution is 2.34. The van der Waals surface area contributed by atoms with Crippen LogP contribution in [0.4, 0.5) is 0 Å². The van der Waals surface area contributed by atoms with E-state index >= 15 is 0 Å². The molecule has 0 fully saturated rings. The van der Waals surface area contributed by atoms with Crippen molar-refractivity contribution < 1.29 is 4.74 Å². The number of aryl methyl sites for hydroxylation is 3. The van der Waals surface area contributed by atoms with Gasteiger partial charge in [0.15, 0.2) is 0 Å². The van der Waals surface area contributed by atoms with E-state index in [1.165, 1.54) is 22.3 Å². The van der Waals surface area contributed by atoms with Crippen LogP contribution < -0.4 is 16.0 Å². The Labute approximate surface area is 134 Å². The van der Waals surface area contributed by atoms with Gasteiger partial charge in [-0.2, -0.15) is 0 Å². The van der Waals surface area contributed by atoms with Gasteiger partial charge < -0.3 is 4.74 Å². The summed E-state index contributed by atoms with van der Waals surface area (Å²) in [6.07, 6.45) is 0. The quantitative estimate of drug-likeness (QED) is 0.649. The van der Waals surface area contributed by atoms with E-state index in [1.54, 1.807) is 7.11 Å². The van der Waals surface area contributed by atoms with Crippen LogP contribution in [0.5, 0.6) is 5.75 Å². The third kappa shape index (κ3) is 3.28. The first-order valence-corrected chi connectivity index (χ1v) is 7.64. The topological polar surface area (TPSA) is 47.3 Å². The average Bonchev–Trinajstić information content (AvgIpc) is 2.46. The predicted molar refractivity (Wildman–Crippen MR) is 90.5 cm³/mol. The summed E-state index contributed by atoms with van der Waals surface area (Å²) in [5.41, 5.74) is 8.87. The first kappa shape index (κ1) is 16.0. The second kappa shape index (κ2) is 6.60. The molecule has 0 bridgehead atoms. The van der Waals surface area contributed by atoms with Crippen molar-refractivity contribution in [1.82, 2.24) is 5.43 Å². The molecule has 21 heavy (non-hydrogen) atoms. The SMILES string of the molecule is COc1cc(Br)ccc1C(NN)c1cc(C)c(C)cc1C. The zero-order valence-corrected chi connectivity index (χ0v) is 14.4. The van der Waals surface area contributed by atoms with Crippen molar-refractivity contribution in [2.75, 3.05) is 7.11 Å². The van der Waals surface area contributed by atoms with E-state index < -0.39 is 0 Å². The van der Waals surface area contributed by atoms with Crippen molar-refractivity contribution in [3.8, 4) is 5.75 Å². The second-order valence-corrected chi connectivity index (χ2v) is 6.19. The molecule has 4 heteroatoms. The highest BCUT2D eigenvalue weighted by atomic mass is 79.9. The van der Waals surface area contributed by atoms with Crippen LogP contribution in [0.25, 0.3) is 0 Å². The lowest BCUT2D eigenvalue weighted by Gasteiger charge is -2.22. The molecule has 1 unspecified atom stereocenters. The third-order valence-corrected chi connectivity index (χ3v) is 4.36. The summed E-state index contributed by atoms with van der Waals surface area (Å²) in [4.78, 5) is 0. The maximum Gasteiger partial charge on any atom is 0.125 e. The number of hydrogen-bond acceptors (Lipinski definition) is 3. The van der Waals surface area contributed by atoms with Gasteiger partial charge in [-0.15, -0.1) is 0 Å². The first-order valence-electron chi connectivity index (χ1n) is 6.85. The smallest absolute Gasteiger partial charge is 0.125 e. The zero-order chi connectivity index (χ0) is 15.6. The van der Waals surface area contributed by atoms with Crippen molar-refractivity contribution in [2.24, 2.45) is 5.84 Å². The van der Waals surface area contributed by atoms with Gasteiger partial charge in [-0.1, -0.05) is 34.1 Å². The van der Waals surface area contributed by atoms with Crippen LogP contribution in [0.15, 0.2) is 34.8 Å². The molecule has 112 valence electrons. The summed E-state index contributed by atoms with van der Waals surface area (Å²) in [5.74, 6) is 6.65. The van der Waals surface area contributed by atoms with Gasteiger partial charge >= 0.3 is 0 Å². The highest BCUT2D eigenvalue weighted by molar-refractivity contribution is 9.10. The second-order valence-electron chi connectivity index (χ2n) is 5.28. The first-order chi connectivity index (χ1) is 9.97. The molecule has 1 atom stereocenters. The molecule has 3 N–H and O–H groups in total. The van der Waals surface area contributed by atoms with Gasteiger partial charge in [0.2, 0.25) is 0 Å². The van der Waals surface area contributed by atoms with E-state index in [2.05, 4.69) is 54.3 Å². The number of ether oxygens (including phenoxy) is 1. The molecule has 2 rings (SSSR count). The molecule has 3 nitrogen and oxygen atoms in total. The highest BCUT2D eigenvalue weighted by Gasteiger charge is 2.19. The molecule has 0 amide bonds. The fraction of sp³-hybridized carbons (Fsp3) is 0.294. The van der Waals surface area contributed by atoms with E-state index in [-0.39, 0.29) is 6.04 Å². The summed E-state index contributed by atoms with van der Waals surface area (Å²) in [6.45, 7) is 6.35. The summed E-state index contributed by atoms with van der Waals surface area (Å²) >= 11 is 3.47. The minimum Gasteiger partial charge on any atom is -0.496 e. The molecule has 0 radical (unpaired) electrons. The number of methoxy groups -OCH3 is 1. The van der Waals surface area contributed by atoms with Crippen LogP contribution in [0.1, 0.15) is 33.9 Å². The van der Waals surface area contributed by atoms with Gasteiger partial charge in [-0.3, -0.25) is 5.84 Å². The van der Waals surface area contributed by atoms with Gasteiger partial charge in [0.05, 0.1) is 13.2 Å². The van der Waals surface area contributed by atoms with Crippen LogP contribution in [0.2, 0.25) is 0 Å². The van der Waals surface area contributed by atoms with Gasteiger partial charge in [0.25, 0.3) is 0 Å². The Morgan fingerprint density at radius 3 is 2.29 bits per heavy atom. The lowest BCUT2D eigenvalue weighted by Crippen LogP contribution is -2.29. The lowest BCUT2D eigenvalue weighted by molar-refractivity contribution is 0.404. The average molecular weight is 349 g/mol. The normalized spacial score (nSPS) is 12.3. The summed E-state index contributed by atoms with van der Waals surface area (Å²) in [7, 11) is 1.67. The summed E-state index contributed by atoms with van der Waals surface area (Å²) in [5, 5.41) is 0. The Kier molecular flexibility index (Phi) is 5.04. The number of hydrazine groups is 1. The van der Waals surface area contributed by atoms with Crippen LogP contribution >= 0.6 is 15.9 Å². The van der Waals surface area contributed by atoms with E-state index in [4.69, 9.17) is 10.6 Å². The maximum atomic E-state index is 5.84. The van der Waals surface area contributed by atoms with Crippen LogP contribution in [0.3, 0.4) is 0 Å². The fourth-order valence-electron chi connectivity index (χ4n) is 2.56. The van der Waals surface area contributed by atoms with Crippen molar-refractivity contribution in [3.05, 3.63) is 62.6 Å². The minimum absolute atomic E-state index is 0.104. The van der Waals surface area contributed by atoms with Gasteiger partial charge in [0.1, 0.15) is 5.75 Å². The van der Waals surface area contributed by atoms with Crippen molar-refractivity contribution >= 4 is 15.9 Å². The van der Waals surface area contributed by atoms with Gasteiger partial charge in [0, 0.05) is 10.0 Å². The molecule has 0 saturated heterocycles. The van der Waals surface area contributed by atoms with Crippen LogP contribution in [0, 0.1) is 20.8 Å². The number of benzene rings is 2. The molecular weight excluding hydrogens is 328 g/mol. The Balaban J connectivity index is 2.57. The third-order valence-electron chi connectivity index (χ3n) is 3.87. The van der Waals surface area contributed by atoms with Gasteiger partial charge in [-0.05, 0) is 55.2 Å². The monoisotopic (exact) mass is 348 g/mol. The molecule has 2 aromatic carbocycles. The Morgan fingerprint density at radius 2 is 1.67 bits per heavy atom. The summed E-state index contributed by atoms with van der Waals surface area (Å²) < 4.78 is 6.48. The largest absolute Gasteiger partial charge is 0.496 e. The minimum atomic E-state index is -0.104. The van der Waals surface area contributed by atoms with E-state index in [9.17, 15) is 0 Å². The molecule has 2 aromatic rings. The molecule has 0 aliphatic carbocycles. The number of halogens is 1. The maximum absolute atomic E-state index is 5.84. The van der Waals surface area contributed by atoms with Crippen LogP contribution in [-0.2, 0) is 0 Å². The molecule has 0 spiro atoms. The molecule has 0 heterocycles. The molecule has 0 aliphatic rings. The van der Waals surface area contributed by atoms with Crippen LogP contribution in [-0.4, -0.2) is 7.11 Å². The van der Waals surface area contributed by atoms with E-state index in [0.717, 1.165) is 15.8 Å². The molecule has 0 saturated carbocycles. The Bertz CT molecular complexity index is 655. The Morgan fingerprint density at radius 1 is 1.00 bits per heavy atom. The van der Waals surface area contributed by atoms with Crippen molar-refractivity contribution in [1.29, 1.82) is 0 Å². The number of nitrogens with two attached hydrogens (primary N) is 1. The van der Waals surface area contributed by atoms with Crippen molar-refractivity contribution in [3.63, 3.8) is 0 Å². The standard InChI is InChI=1S/C17H21BrN2O/c1-10-7-12(3)15(8-11(10)2)17(20-19)14-6-5-13(18)9-16(14)21-4/h5-9,17,20H,19H2,1-4H3. The Hall–Kier alpha value is -1.36. The predicted octanol–water partition coefficient (Wildman–Crippen LogP) is 3.94. The van der Waals surface area contributed by atoms with Gasteiger partial charge in [-0.25, -0.2) is 5.43 Å². The van der Waals surface area contributed by atoms with E-state index in [0.29, 0.717) is 0 Å². The zero-order valence-electron chi connectivity index (χ0n) is 12.8.